The number of oxazole rings is 1. The van der Waals surface area contributed by atoms with Crippen LogP contribution >= 0.6 is 0 Å². The molecule has 19 heavy (non-hydrogen) atoms. The quantitative estimate of drug-likeness (QED) is 0.794. The van der Waals surface area contributed by atoms with Crippen LogP contribution in [0.2, 0.25) is 0 Å². The Morgan fingerprint density at radius 2 is 2.32 bits per heavy atom. The van der Waals surface area contributed by atoms with Crippen molar-refractivity contribution in [3.05, 3.63) is 41.6 Å². The number of benzene rings is 1. The van der Waals surface area contributed by atoms with Crippen molar-refractivity contribution < 1.29 is 9.21 Å². The van der Waals surface area contributed by atoms with Crippen molar-refractivity contribution in [2.45, 2.75) is 19.8 Å². The predicted molar refractivity (Wildman–Crippen MR) is 72.1 cm³/mol. The fourth-order valence-corrected chi connectivity index (χ4v) is 2.46. The minimum absolute atomic E-state index is 0.138. The average molecular weight is 257 g/mol. The van der Waals surface area contributed by atoms with Gasteiger partial charge in [-0.2, -0.15) is 0 Å². The highest BCUT2D eigenvalue weighted by molar-refractivity contribution is 6.05. The molecule has 98 valence electrons. The second-order valence-electron chi connectivity index (χ2n) is 4.72. The number of rotatable bonds is 1. The van der Waals surface area contributed by atoms with Gasteiger partial charge in [-0.25, -0.2) is 4.98 Å². The van der Waals surface area contributed by atoms with Crippen LogP contribution in [-0.2, 0) is 6.42 Å². The minimum Gasteiger partial charge on any atom is -0.438 e. The molecule has 0 saturated carbocycles. The van der Waals surface area contributed by atoms with Crippen LogP contribution in [-0.4, -0.2) is 17.4 Å². The fourth-order valence-electron chi connectivity index (χ4n) is 2.46. The maximum atomic E-state index is 12.5. The Balaban J connectivity index is 2.00. The highest BCUT2D eigenvalue weighted by atomic mass is 16.3. The number of nitrogen functional groups attached to an aromatic ring is 1. The number of fused-ring (bicyclic) bond motifs is 1. The van der Waals surface area contributed by atoms with Gasteiger partial charge < -0.3 is 15.1 Å². The normalized spacial score (nSPS) is 14.3. The molecule has 0 spiro atoms. The molecular formula is C14H15N3O2. The van der Waals surface area contributed by atoms with Crippen LogP contribution in [0, 0.1) is 6.92 Å². The molecule has 0 radical (unpaired) electrons. The number of amides is 1. The number of aryl methyl sites for hydroxylation is 2. The Morgan fingerprint density at radius 1 is 1.47 bits per heavy atom. The van der Waals surface area contributed by atoms with Crippen molar-refractivity contribution in [1.29, 1.82) is 0 Å². The maximum Gasteiger partial charge on any atom is 0.295 e. The molecule has 0 bridgehead atoms. The molecule has 1 amide bonds. The van der Waals surface area contributed by atoms with E-state index in [0.717, 1.165) is 29.8 Å². The van der Waals surface area contributed by atoms with E-state index in [4.69, 9.17) is 10.2 Å². The zero-order valence-electron chi connectivity index (χ0n) is 10.7. The van der Waals surface area contributed by atoms with Gasteiger partial charge in [0.25, 0.3) is 5.91 Å². The molecule has 1 aromatic carbocycles. The van der Waals surface area contributed by atoms with Crippen molar-refractivity contribution in [3.8, 4) is 0 Å². The highest BCUT2D eigenvalue weighted by Crippen LogP contribution is 2.30. The van der Waals surface area contributed by atoms with Crippen molar-refractivity contribution in [2.75, 3.05) is 17.2 Å². The zero-order chi connectivity index (χ0) is 13.4. The van der Waals surface area contributed by atoms with Crippen LogP contribution in [0.15, 0.2) is 29.0 Å². The Morgan fingerprint density at radius 3 is 3.05 bits per heavy atom. The molecule has 0 atom stereocenters. The molecule has 1 aliphatic heterocycles. The summed E-state index contributed by atoms with van der Waals surface area (Å²) in [4.78, 5) is 18.2. The average Bonchev–Trinajstić information content (AvgIpc) is 2.83. The Labute approximate surface area is 111 Å². The van der Waals surface area contributed by atoms with Crippen molar-refractivity contribution in [3.63, 3.8) is 0 Å². The second kappa shape index (κ2) is 4.42. The summed E-state index contributed by atoms with van der Waals surface area (Å²) in [6.07, 6.45) is 3.17. The van der Waals surface area contributed by atoms with E-state index in [1.54, 1.807) is 11.8 Å². The number of hydrogen-bond donors (Lipinski definition) is 1. The van der Waals surface area contributed by atoms with Crippen molar-refractivity contribution in [1.82, 2.24) is 4.98 Å². The summed E-state index contributed by atoms with van der Waals surface area (Å²) >= 11 is 0. The molecular weight excluding hydrogens is 242 g/mol. The van der Waals surface area contributed by atoms with Crippen LogP contribution in [0.4, 0.5) is 11.4 Å². The Hall–Kier alpha value is -2.30. The minimum atomic E-state index is -0.138. The molecule has 5 nitrogen and oxygen atoms in total. The highest BCUT2D eigenvalue weighted by Gasteiger charge is 2.26. The van der Waals surface area contributed by atoms with Crippen molar-refractivity contribution in [2.24, 2.45) is 0 Å². The summed E-state index contributed by atoms with van der Waals surface area (Å²) < 4.78 is 5.19. The standard InChI is InChI=1S/C14H15N3O2/c1-9-13(19-8-16-9)14(18)17-6-2-3-10-7-11(15)4-5-12(10)17/h4-5,7-8H,2-3,6,15H2,1H3. The third-order valence-corrected chi connectivity index (χ3v) is 3.41. The van der Waals surface area contributed by atoms with Gasteiger partial charge in [0.15, 0.2) is 6.39 Å². The molecule has 1 aliphatic rings. The zero-order valence-corrected chi connectivity index (χ0v) is 10.7. The molecule has 0 fully saturated rings. The van der Waals surface area contributed by atoms with Crippen molar-refractivity contribution >= 4 is 17.3 Å². The first-order valence-electron chi connectivity index (χ1n) is 6.27. The van der Waals surface area contributed by atoms with Crippen LogP contribution in [0.1, 0.15) is 28.2 Å². The lowest BCUT2D eigenvalue weighted by atomic mass is 10.0. The molecule has 0 aliphatic carbocycles. The smallest absolute Gasteiger partial charge is 0.295 e. The third kappa shape index (κ3) is 1.97. The Kier molecular flexibility index (Phi) is 2.74. The lowest BCUT2D eigenvalue weighted by Crippen LogP contribution is -2.35. The van der Waals surface area contributed by atoms with E-state index in [2.05, 4.69) is 4.98 Å². The number of aromatic nitrogens is 1. The first-order chi connectivity index (χ1) is 9.16. The third-order valence-electron chi connectivity index (χ3n) is 3.41. The number of nitrogens with zero attached hydrogens (tertiary/aromatic N) is 2. The van der Waals surface area contributed by atoms with Gasteiger partial charge >= 0.3 is 0 Å². The number of hydrogen-bond acceptors (Lipinski definition) is 4. The summed E-state index contributed by atoms with van der Waals surface area (Å²) in [6, 6.07) is 5.65. The lowest BCUT2D eigenvalue weighted by Gasteiger charge is -2.29. The number of carbonyl (C=O) groups excluding carboxylic acids is 1. The molecule has 5 heteroatoms. The van der Waals surface area contributed by atoms with E-state index < -0.39 is 0 Å². The number of carbonyl (C=O) groups is 1. The van der Waals surface area contributed by atoms with Crippen LogP contribution in [0.3, 0.4) is 0 Å². The number of nitrogens with two attached hydrogens (primary N) is 1. The first-order valence-corrected chi connectivity index (χ1v) is 6.27. The van der Waals surface area contributed by atoms with E-state index in [9.17, 15) is 4.79 Å². The molecule has 2 N–H and O–H groups in total. The molecule has 2 heterocycles. The van der Waals surface area contributed by atoms with Gasteiger partial charge in [0.05, 0.1) is 5.69 Å². The SMILES string of the molecule is Cc1ncoc1C(=O)N1CCCc2cc(N)ccc21. The van der Waals surface area contributed by atoms with Crippen LogP contribution in [0.5, 0.6) is 0 Å². The number of anilines is 2. The largest absolute Gasteiger partial charge is 0.438 e. The van der Waals surface area contributed by atoms with Gasteiger partial charge in [0.2, 0.25) is 5.76 Å². The monoisotopic (exact) mass is 257 g/mol. The van der Waals surface area contributed by atoms with Gasteiger partial charge in [-0.3, -0.25) is 4.79 Å². The van der Waals surface area contributed by atoms with E-state index in [1.165, 1.54) is 6.39 Å². The molecule has 1 aromatic heterocycles. The van der Waals surface area contributed by atoms with Crippen LogP contribution < -0.4 is 10.6 Å². The summed E-state index contributed by atoms with van der Waals surface area (Å²) in [7, 11) is 0. The van der Waals surface area contributed by atoms with Gasteiger partial charge in [0.1, 0.15) is 0 Å². The molecule has 2 aromatic rings. The maximum absolute atomic E-state index is 12.5. The van der Waals surface area contributed by atoms with Gasteiger partial charge in [-0.1, -0.05) is 0 Å². The molecule has 3 rings (SSSR count). The topological polar surface area (TPSA) is 72.4 Å². The van der Waals surface area contributed by atoms with E-state index in [1.807, 2.05) is 18.2 Å². The van der Waals surface area contributed by atoms with E-state index in [0.29, 0.717) is 18.0 Å². The summed E-state index contributed by atoms with van der Waals surface area (Å²) in [5.41, 5.74) is 9.16. The molecule has 0 unspecified atom stereocenters. The summed E-state index contributed by atoms with van der Waals surface area (Å²) in [6.45, 7) is 2.46. The van der Waals surface area contributed by atoms with Gasteiger partial charge in [-0.15, -0.1) is 0 Å². The first kappa shape index (κ1) is 11.8. The fraction of sp³-hybridized carbons (Fsp3) is 0.286. The molecule has 0 saturated heterocycles. The van der Waals surface area contributed by atoms with E-state index >= 15 is 0 Å². The predicted octanol–water partition coefficient (Wildman–Crippen LogP) is 2.16. The van der Waals surface area contributed by atoms with Gasteiger partial charge in [-0.05, 0) is 43.5 Å². The second-order valence-corrected chi connectivity index (χ2v) is 4.72. The van der Waals surface area contributed by atoms with Crippen LogP contribution in [0.25, 0.3) is 0 Å². The summed E-state index contributed by atoms with van der Waals surface area (Å²) in [5, 5.41) is 0. The van der Waals surface area contributed by atoms with Gasteiger partial charge in [0, 0.05) is 17.9 Å². The Bertz CT molecular complexity index is 633. The van der Waals surface area contributed by atoms with E-state index in [-0.39, 0.29) is 5.91 Å². The summed E-state index contributed by atoms with van der Waals surface area (Å²) in [5.74, 6) is 0.172. The lowest BCUT2D eigenvalue weighted by molar-refractivity contribution is 0.0957.